The minimum absolute atomic E-state index is 0.144. The fourth-order valence-electron chi connectivity index (χ4n) is 2.18. The Balaban J connectivity index is 1.97. The summed E-state index contributed by atoms with van der Waals surface area (Å²) in [6.07, 6.45) is 0. The topological polar surface area (TPSA) is 75.0 Å². The number of hydrogen-bond donors (Lipinski definition) is 1. The van der Waals surface area contributed by atoms with Gasteiger partial charge in [0.25, 0.3) is 0 Å². The minimum atomic E-state index is -0.144. The lowest BCUT2D eigenvalue weighted by Crippen LogP contribution is -2.14. The highest BCUT2D eigenvalue weighted by Gasteiger charge is 2.11. The number of ether oxygens (including phenoxy) is 1. The molecule has 0 radical (unpaired) electrons. The molecule has 1 aromatic carbocycles. The SMILES string of the molecule is CCOc1ccc(NC(=O)CSc2nc(C)cc(C)c2C#N)cc1. The first kappa shape index (κ1) is 17.8. The van der Waals surface area contributed by atoms with Crippen LogP contribution in [0.4, 0.5) is 5.69 Å². The predicted octanol–water partition coefficient (Wildman–Crippen LogP) is 3.70. The summed E-state index contributed by atoms with van der Waals surface area (Å²) in [6.45, 7) is 6.27. The van der Waals surface area contributed by atoms with E-state index in [0.717, 1.165) is 17.0 Å². The Morgan fingerprint density at radius 1 is 1.33 bits per heavy atom. The summed E-state index contributed by atoms with van der Waals surface area (Å²) >= 11 is 1.27. The second-order valence-corrected chi connectivity index (χ2v) is 6.13. The highest BCUT2D eigenvalue weighted by molar-refractivity contribution is 8.00. The standard InChI is InChI=1S/C18H19N3O2S/c1-4-23-15-7-5-14(6-8-15)21-17(22)11-24-18-16(10-19)12(2)9-13(3)20-18/h5-9H,4,11H2,1-3H3,(H,21,22). The molecule has 0 saturated heterocycles. The van der Waals surface area contributed by atoms with Crippen molar-refractivity contribution in [2.75, 3.05) is 17.7 Å². The third-order valence-corrected chi connectivity index (χ3v) is 4.19. The number of nitrogens with zero attached hydrogens (tertiary/aromatic N) is 2. The molecule has 0 atom stereocenters. The Morgan fingerprint density at radius 3 is 2.67 bits per heavy atom. The molecule has 6 heteroatoms. The largest absolute Gasteiger partial charge is 0.494 e. The number of rotatable bonds is 6. The van der Waals surface area contributed by atoms with E-state index < -0.39 is 0 Å². The van der Waals surface area contributed by atoms with E-state index in [9.17, 15) is 10.1 Å². The van der Waals surface area contributed by atoms with Crippen molar-refractivity contribution < 1.29 is 9.53 Å². The molecule has 5 nitrogen and oxygen atoms in total. The number of anilines is 1. The van der Waals surface area contributed by atoms with Gasteiger partial charge in [-0.15, -0.1) is 0 Å². The summed E-state index contributed by atoms with van der Waals surface area (Å²) in [5.41, 5.74) is 2.94. The van der Waals surface area contributed by atoms with Gasteiger partial charge in [0, 0.05) is 11.4 Å². The molecule has 1 aromatic heterocycles. The summed E-state index contributed by atoms with van der Waals surface area (Å²) < 4.78 is 5.36. The third kappa shape index (κ3) is 4.74. The second-order valence-electron chi connectivity index (χ2n) is 5.17. The van der Waals surface area contributed by atoms with E-state index in [1.54, 1.807) is 12.1 Å². The van der Waals surface area contributed by atoms with Crippen molar-refractivity contribution in [1.82, 2.24) is 4.98 Å². The van der Waals surface area contributed by atoms with Crippen LogP contribution in [0.3, 0.4) is 0 Å². The Labute approximate surface area is 146 Å². The molecule has 0 aliphatic heterocycles. The molecule has 1 heterocycles. The van der Waals surface area contributed by atoms with Gasteiger partial charge in [0.2, 0.25) is 5.91 Å². The van der Waals surface area contributed by atoms with Crippen molar-refractivity contribution in [1.29, 1.82) is 5.26 Å². The second kappa shape index (κ2) is 8.37. The maximum Gasteiger partial charge on any atom is 0.234 e. The number of carbonyl (C=O) groups excluding carboxylic acids is 1. The number of hydrogen-bond acceptors (Lipinski definition) is 5. The molecule has 1 N–H and O–H groups in total. The number of benzene rings is 1. The number of pyridine rings is 1. The highest BCUT2D eigenvalue weighted by atomic mass is 32.2. The van der Waals surface area contributed by atoms with Crippen molar-refractivity contribution in [3.63, 3.8) is 0 Å². The van der Waals surface area contributed by atoms with E-state index in [-0.39, 0.29) is 11.7 Å². The van der Waals surface area contributed by atoms with Crippen molar-refractivity contribution >= 4 is 23.4 Å². The van der Waals surface area contributed by atoms with Crippen LogP contribution in [0, 0.1) is 25.2 Å². The van der Waals surface area contributed by atoms with E-state index >= 15 is 0 Å². The van der Waals surface area contributed by atoms with Crippen LogP contribution >= 0.6 is 11.8 Å². The van der Waals surface area contributed by atoms with Gasteiger partial charge in [-0.1, -0.05) is 11.8 Å². The van der Waals surface area contributed by atoms with Crippen LogP contribution in [0.1, 0.15) is 23.7 Å². The molecule has 1 amide bonds. The average molecular weight is 341 g/mol. The lowest BCUT2D eigenvalue weighted by atomic mass is 10.1. The Hall–Kier alpha value is -2.52. The minimum Gasteiger partial charge on any atom is -0.494 e. The number of thioether (sulfide) groups is 1. The van der Waals surface area contributed by atoms with Crippen molar-refractivity contribution in [2.24, 2.45) is 0 Å². The molecule has 0 saturated carbocycles. The van der Waals surface area contributed by atoms with Crippen LogP contribution in [-0.4, -0.2) is 23.3 Å². The van der Waals surface area contributed by atoms with Gasteiger partial charge in [0.15, 0.2) is 0 Å². The lowest BCUT2D eigenvalue weighted by Gasteiger charge is -2.09. The maximum atomic E-state index is 12.1. The van der Waals surface area contributed by atoms with Crippen LogP contribution in [0.15, 0.2) is 35.4 Å². The van der Waals surface area contributed by atoms with Crippen LogP contribution in [0.25, 0.3) is 0 Å². The number of amides is 1. The molecule has 2 aromatic rings. The quantitative estimate of drug-likeness (QED) is 0.811. The van der Waals surface area contributed by atoms with Gasteiger partial charge in [-0.25, -0.2) is 4.98 Å². The Morgan fingerprint density at radius 2 is 2.04 bits per heavy atom. The average Bonchev–Trinajstić information content (AvgIpc) is 2.54. The first-order valence-corrected chi connectivity index (χ1v) is 8.56. The zero-order valence-corrected chi connectivity index (χ0v) is 14.7. The zero-order chi connectivity index (χ0) is 17.5. The molecule has 0 aliphatic rings. The molecule has 124 valence electrons. The van der Waals surface area contributed by atoms with Crippen LogP contribution in [0.5, 0.6) is 5.75 Å². The monoisotopic (exact) mass is 341 g/mol. The highest BCUT2D eigenvalue weighted by Crippen LogP contribution is 2.24. The van der Waals surface area contributed by atoms with Gasteiger partial charge >= 0.3 is 0 Å². The number of aryl methyl sites for hydroxylation is 2. The zero-order valence-electron chi connectivity index (χ0n) is 13.9. The molecule has 0 unspecified atom stereocenters. The summed E-state index contributed by atoms with van der Waals surface area (Å²) in [6, 6.07) is 11.2. The lowest BCUT2D eigenvalue weighted by molar-refractivity contribution is -0.113. The van der Waals surface area contributed by atoms with Crippen LogP contribution < -0.4 is 10.1 Å². The van der Waals surface area contributed by atoms with E-state index in [0.29, 0.717) is 22.9 Å². The van der Waals surface area contributed by atoms with Crippen molar-refractivity contribution in [3.05, 3.63) is 47.2 Å². The van der Waals surface area contributed by atoms with Crippen LogP contribution in [0.2, 0.25) is 0 Å². The summed E-state index contributed by atoms with van der Waals surface area (Å²) in [5.74, 6) is 0.814. The fraction of sp³-hybridized carbons (Fsp3) is 0.278. The fourth-order valence-corrected chi connectivity index (χ4v) is 3.07. The molecule has 0 bridgehead atoms. The predicted molar refractivity (Wildman–Crippen MR) is 95.4 cm³/mol. The normalized spacial score (nSPS) is 10.1. The van der Waals surface area contributed by atoms with Gasteiger partial charge in [-0.2, -0.15) is 5.26 Å². The first-order valence-electron chi connectivity index (χ1n) is 7.57. The molecule has 2 rings (SSSR count). The summed E-state index contributed by atoms with van der Waals surface area (Å²) in [5, 5.41) is 12.7. The number of carbonyl (C=O) groups is 1. The summed E-state index contributed by atoms with van der Waals surface area (Å²) in [7, 11) is 0. The van der Waals surface area contributed by atoms with E-state index in [1.165, 1.54) is 11.8 Å². The van der Waals surface area contributed by atoms with E-state index in [1.807, 2.05) is 39.0 Å². The third-order valence-electron chi connectivity index (χ3n) is 3.21. The number of nitriles is 1. The van der Waals surface area contributed by atoms with Crippen molar-refractivity contribution in [3.8, 4) is 11.8 Å². The van der Waals surface area contributed by atoms with E-state index in [4.69, 9.17) is 4.74 Å². The number of nitrogens with one attached hydrogen (secondary N) is 1. The number of aromatic nitrogens is 1. The molecular weight excluding hydrogens is 322 g/mol. The van der Waals surface area contributed by atoms with Gasteiger partial charge in [0.05, 0.1) is 17.9 Å². The van der Waals surface area contributed by atoms with Gasteiger partial charge in [-0.3, -0.25) is 4.79 Å². The van der Waals surface area contributed by atoms with Gasteiger partial charge in [-0.05, 0) is 56.7 Å². The van der Waals surface area contributed by atoms with Crippen LogP contribution in [-0.2, 0) is 4.79 Å². The molecule has 24 heavy (non-hydrogen) atoms. The smallest absolute Gasteiger partial charge is 0.234 e. The van der Waals surface area contributed by atoms with Crippen molar-refractivity contribution in [2.45, 2.75) is 25.8 Å². The molecule has 0 fully saturated rings. The first-order chi connectivity index (χ1) is 11.5. The Kier molecular flexibility index (Phi) is 6.21. The van der Waals surface area contributed by atoms with E-state index in [2.05, 4.69) is 16.4 Å². The van der Waals surface area contributed by atoms with Gasteiger partial charge < -0.3 is 10.1 Å². The molecule has 0 aliphatic carbocycles. The Bertz CT molecular complexity index is 767. The molecule has 0 spiro atoms. The maximum absolute atomic E-state index is 12.1. The molecular formula is C18H19N3O2S. The summed E-state index contributed by atoms with van der Waals surface area (Å²) in [4.78, 5) is 16.5. The van der Waals surface area contributed by atoms with Gasteiger partial charge in [0.1, 0.15) is 16.8 Å².